The Kier molecular flexibility index (Phi) is 3.46. The lowest BCUT2D eigenvalue weighted by Crippen LogP contribution is -2.41. The van der Waals surface area contributed by atoms with Crippen LogP contribution in [-0.2, 0) is 14.9 Å². The number of aromatic nitrogens is 2. The van der Waals surface area contributed by atoms with Crippen LogP contribution in [0.5, 0.6) is 0 Å². The summed E-state index contributed by atoms with van der Waals surface area (Å²) in [7, 11) is 1.19. The average Bonchev–Trinajstić information content (AvgIpc) is 2.98. The second kappa shape index (κ2) is 4.93. The molecule has 1 aliphatic carbocycles. The van der Waals surface area contributed by atoms with Gasteiger partial charge >= 0.3 is 5.97 Å². The summed E-state index contributed by atoms with van der Waals surface area (Å²) in [4.78, 5) is 16.2. The molecule has 3 atom stereocenters. The fraction of sp³-hybridized carbons (Fsp3) is 0.615. The maximum absolute atomic E-state index is 12.0. The molecule has 0 aromatic carbocycles. The van der Waals surface area contributed by atoms with Crippen molar-refractivity contribution in [3.05, 3.63) is 11.7 Å². The van der Waals surface area contributed by atoms with E-state index in [1.165, 1.54) is 14.0 Å². The van der Waals surface area contributed by atoms with Gasteiger partial charge in [0.2, 0.25) is 5.89 Å². The fourth-order valence-corrected chi connectivity index (χ4v) is 2.10. The van der Waals surface area contributed by atoms with Gasteiger partial charge in [-0.05, 0) is 19.3 Å². The number of hydrogen-bond acceptors (Lipinski definition) is 7. The van der Waals surface area contributed by atoms with Gasteiger partial charge in [0.05, 0.1) is 19.2 Å². The van der Waals surface area contributed by atoms with Crippen LogP contribution in [0, 0.1) is 34.5 Å². The van der Waals surface area contributed by atoms with E-state index in [1.54, 1.807) is 12.1 Å². The Labute approximate surface area is 116 Å². The van der Waals surface area contributed by atoms with Crippen LogP contribution >= 0.6 is 0 Å². The van der Waals surface area contributed by atoms with Crippen LogP contribution in [0.25, 0.3) is 0 Å². The van der Waals surface area contributed by atoms with E-state index in [0.717, 1.165) is 6.42 Å². The molecule has 7 heteroatoms. The highest BCUT2D eigenvalue weighted by atomic mass is 16.5. The van der Waals surface area contributed by atoms with Gasteiger partial charge < -0.3 is 9.26 Å². The number of ether oxygens (including phenoxy) is 1. The van der Waals surface area contributed by atoms with Gasteiger partial charge in [-0.25, -0.2) is 0 Å². The highest BCUT2D eigenvalue weighted by Gasteiger charge is 2.50. The molecule has 0 N–H and O–H groups in total. The van der Waals surface area contributed by atoms with Crippen molar-refractivity contribution < 1.29 is 14.1 Å². The van der Waals surface area contributed by atoms with Crippen LogP contribution in [0.15, 0.2) is 4.52 Å². The molecule has 0 aliphatic heterocycles. The van der Waals surface area contributed by atoms with Crippen molar-refractivity contribution >= 4 is 5.97 Å². The van der Waals surface area contributed by atoms with Crippen LogP contribution < -0.4 is 0 Å². The Balaban J connectivity index is 2.42. The largest absolute Gasteiger partial charge is 0.468 e. The molecule has 1 aromatic heterocycles. The van der Waals surface area contributed by atoms with Gasteiger partial charge in [0, 0.05) is 5.92 Å². The van der Waals surface area contributed by atoms with Gasteiger partial charge in [-0.1, -0.05) is 12.1 Å². The fourth-order valence-electron chi connectivity index (χ4n) is 2.10. The lowest BCUT2D eigenvalue weighted by molar-refractivity contribution is -0.148. The minimum Gasteiger partial charge on any atom is -0.468 e. The topological polar surface area (TPSA) is 113 Å². The maximum Gasteiger partial charge on any atom is 0.321 e. The van der Waals surface area contributed by atoms with Crippen LogP contribution in [0.3, 0.4) is 0 Å². The van der Waals surface area contributed by atoms with E-state index in [1.807, 2.05) is 0 Å². The van der Waals surface area contributed by atoms with Crippen molar-refractivity contribution in [2.75, 3.05) is 7.11 Å². The summed E-state index contributed by atoms with van der Waals surface area (Å²) in [5.41, 5.74) is -1.56. The smallest absolute Gasteiger partial charge is 0.321 e. The third-order valence-corrected chi connectivity index (χ3v) is 3.78. The molecule has 3 unspecified atom stereocenters. The van der Waals surface area contributed by atoms with E-state index in [4.69, 9.17) is 19.8 Å². The molecule has 0 bridgehead atoms. The van der Waals surface area contributed by atoms with Crippen molar-refractivity contribution in [1.82, 2.24) is 10.1 Å². The molecule has 104 valence electrons. The summed E-state index contributed by atoms with van der Waals surface area (Å²) in [5, 5.41) is 21.9. The first kappa shape index (κ1) is 14.0. The number of carbonyl (C=O) groups excluding carboxylic acids is 1. The van der Waals surface area contributed by atoms with Gasteiger partial charge in [-0.2, -0.15) is 15.5 Å². The predicted molar refractivity (Wildman–Crippen MR) is 64.9 cm³/mol. The molecule has 1 aromatic rings. The molecule has 1 aliphatic rings. The molecule has 2 rings (SSSR count). The molecule has 0 radical (unpaired) electrons. The molecule has 0 amide bonds. The summed E-state index contributed by atoms with van der Waals surface area (Å²) in [6.07, 6.45) is 0.955. The number of nitriles is 2. The Morgan fingerprint density at radius 3 is 2.60 bits per heavy atom. The van der Waals surface area contributed by atoms with Crippen molar-refractivity contribution in [2.45, 2.75) is 31.6 Å². The van der Waals surface area contributed by atoms with E-state index in [0.29, 0.717) is 11.8 Å². The van der Waals surface area contributed by atoms with Gasteiger partial charge in [0.15, 0.2) is 17.2 Å². The second-order valence-electron chi connectivity index (χ2n) is 5.16. The number of hydrogen-bond donors (Lipinski definition) is 0. The standard InChI is InChI=1S/C13H14N4O3/c1-7-4-9(7)10-16-11(17-20-10)13(2,12(18)19-3)8(5-14)6-15/h7-9H,4H2,1-3H3. The molecule has 20 heavy (non-hydrogen) atoms. The predicted octanol–water partition coefficient (Wildman–Crippen LogP) is 1.29. The first-order valence-electron chi connectivity index (χ1n) is 6.20. The highest BCUT2D eigenvalue weighted by Crippen LogP contribution is 2.46. The van der Waals surface area contributed by atoms with Gasteiger partial charge in [-0.15, -0.1) is 0 Å². The zero-order chi connectivity index (χ0) is 14.9. The third-order valence-electron chi connectivity index (χ3n) is 3.78. The van der Waals surface area contributed by atoms with E-state index >= 15 is 0 Å². The minimum atomic E-state index is -1.56. The van der Waals surface area contributed by atoms with Crippen molar-refractivity contribution in [3.63, 3.8) is 0 Å². The van der Waals surface area contributed by atoms with Crippen LogP contribution in [0.2, 0.25) is 0 Å². The van der Waals surface area contributed by atoms with E-state index in [9.17, 15) is 4.79 Å². The number of methoxy groups -OCH3 is 1. The Bertz CT molecular complexity index is 598. The zero-order valence-corrected chi connectivity index (χ0v) is 11.5. The molecule has 7 nitrogen and oxygen atoms in total. The van der Waals surface area contributed by atoms with Crippen LogP contribution in [0.4, 0.5) is 0 Å². The van der Waals surface area contributed by atoms with Crippen LogP contribution in [0.1, 0.15) is 37.9 Å². The monoisotopic (exact) mass is 274 g/mol. The van der Waals surface area contributed by atoms with Gasteiger partial charge in [0.1, 0.15) is 0 Å². The number of esters is 1. The summed E-state index contributed by atoms with van der Waals surface area (Å²) >= 11 is 0. The van der Waals surface area contributed by atoms with Gasteiger partial charge in [0.25, 0.3) is 0 Å². The molecule has 1 heterocycles. The van der Waals surface area contributed by atoms with Crippen molar-refractivity contribution in [2.24, 2.45) is 11.8 Å². The quantitative estimate of drug-likeness (QED) is 0.760. The first-order chi connectivity index (χ1) is 9.48. The third kappa shape index (κ3) is 2.01. The Morgan fingerprint density at radius 2 is 2.15 bits per heavy atom. The number of carbonyl (C=O) groups is 1. The summed E-state index contributed by atoms with van der Waals surface area (Å²) in [6.45, 7) is 3.47. The number of rotatable bonds is 4. The summed E-state index contributed by atoms with van der Waals surface area (Å²) in [6, 6.07) is 3.57. The van der Waals surface area contributed by atoms with E-state index in [-0.39, 0.29) is 11.7 Å². The molecule has 0 spiro atoms. The van der Waals surface area contributed by atoms with E-state index < -0.39 is 17.3 Å². The average molecular weight is 274 g/mol. The zero-order valence-electron chi connectivity index (χ0n) is 11.5. The lowest BCUT2D eigenvalue weighted by Gasteiger charge is -2.23. The first-order valence-corrected chi connectivity index (χ1v) is 6.20. The molecule has 0 saturated heterocycles. The molecule has 1 fully saturated rings. The SMILES string of the molecule is COC(=O)C(C)(c1noc(C2CC2C)n1)C(C#N)C#N. The summed E-state index contributed by atoms with van der Waals surface area (Å²) < 4.78 is 9.85. The second-order valence-corrected chi connectivity index (χ2v) is 5.16. The van der Waals surface area contributed by atoms with Crippen LogP contribution in [-0.4, -0.2) is 23.2 Å². The van der Waals surface area contributed by atoms with Crippen molar-refractivity contribution in [3.8, 4) is 12.1 Å². The maximum atomic E-state index is 12.0. The lowest BCUT2D eigenvalue weighted by atomic mass is 9.77. The summed E-state index contributed by atoms with van der Waals surface area (Å²) in [5.74, 6) is -0.862. The molecular formula is C13H14N4O3. The van der Waals surface area contributed by atoms with Crippen molar-refractivity contribution in [1.29, 1.82) is 10.5 Å². The normalized spacial score (nSPS) is 23.5. The van der Waals surface area contributed by atoms with E-state index in [2.05, 4.69) is 17.1 Å². The Morgan fingerprint density at radius 1 is 1.55 bits per heavy atom. The van der Waals surface area contributed by atoms with Gasteiger partial charge in [-0.3, -0.25) is 4.79 Å². The molecular weight excluding hydrogens is 260 g/mol. The minimum absolute atomic E-state index is 0.0200. The highest BCUT2D eigenvalue weighted by molar-refractivity contribution is 5.83. The number of nitrogens with zero attached hydrogens (tertiary/aromatic N) is 4. The molecule has 1 saturated carbocycles. The Hall–Kier alpha value is -2.41.